The SMILES string of the molecule is O=C(Nc1ccccc1)c1cc2n(n1)C(C(F)(F)F)CC(c1ccc3c(c1)OCO3)N2. The summed E-state index contributed by atoms with van der Waals surface area (Å²) in [4.78, 5) is 12.5. The van der Waals surface area contributed by atoms with E-state index in [0.717, 1.165) is 4.68 Å². The number of halogens is 3. The van der Waals surface area contributed by atoms with Gasteiger partial charge in [-0.05, 0) is 29.8 Å². The molecule has 0 aliphatic carbocycles. The zero-order chi connectivity index (χ0) is 21.6. The molecule has 10 heteroatoms. The lowest BCUT2D eigenvalue weighted by Crippen LogP contribution is -2.35. The number of hydrogen-bond donors (Lipinski definition) is 2. The summed E-state index contributed by atoms with van der Waals surface area (Å²) >= 11 is 0. The maximum absolute atomic E-state index is 13.9. The van der Waals surface area contributed by atoms with Gasteiger partial charge in [0.2, 0.25) is 6.79 Å². The number of carbonyl (C=O) groups excluding carboxylic acids is 1. The zero-order valence-electron chi connectivity index (χ0n) is 16.0. The Labute approximate surface area is 174 Å². The molecule has 2 aromatic carbocycles. The lowest BCUT2D eigenvalue weighted by Gasteiger charge is -2.33. The second-order valence-electron chi connectivity index (χ2n) is 7.28. The first kappa shape index (κ1) is 19.3. The van der Waals surface area contributed by atoms with Gasteiger partial charge in [0.25, 0.3) is 5.91 Å². The quantitative estimate of drug-likeness (QED) is 0.639. The maximum atomic E-state index is 13.9. The van der Waals surface area contributed by atoms with Gasteiger partial charge in [0.05, 0.1) is 6.04 Å². The highest BCUT2D eigenvalue weighted by Crippen LogP contribution is 2.45. The van der Waals surface area contributed by atoms with Crippen molar-refractivity contribution in [3.05, 3.63) is 65.9 Å². The van der Waals surface area contributed by atoms with Gasteiger partial charge >= 0.3 is 6.18 Å². The first-order valence-corrected chi connectivity index (χ1v) is 9.57. The van der Waals surface area contributed by atoms with Gasteiger partial charge < -0.3 is 20.1 Å². The van der Waals surface area contributed by atoms with E-state index in [4.69, 9.17) is 9.47 Å². The number of rotatable bonds is 3. The number of nitrogens with zero attached hydrogens (tertiary/aromatic N) is 2. The molecule has 0 saturated carbocycles. The number of ether oxygens (including phenoxy) is 2. The number of para-hydroxylation sites is 1. The highest BCUT2D eigenvalue weighted by atomic mass is 19.4. The van der Waals surface area contributed by atoms with Crippen molar-refractivity contribution in [3.8, 4) is 11.5 Å². The number of aromatic nitrogens is 2. The van der Waals surface area contributed by atoms with Crippen LogP contribution in [0.3, 0.4) is 0 Å². The van der Waals surface area contributed by atoms with Crippen molar-refractivity contribution in [3.63, 3.8) is 0 Å². The molecule has 0 bridgehead atoms. The highest BCUT2D eigenvalue weighted by Gasteiger charge is 2.47. The van der Waals surface area contributed by atoms with Crippen molar-refractivity contribution in [2.24, 2.45) is 0 Å². The number of amides is 1. The van der Waals surface area contributed by atoms with Crippen LogP contribution in [0.4, 0.5) is 24.7 Å². The Morgan fingerprint density at radius 2 is 1.87 bits per heavy atom. The van der Waals surface area contributed by atoms with Crippen molar-refractivity contribution in [2.75, 3.05) is 17.4 Å². The van der Waals surface area contributed by atoms with Crippen LogP contribution < -0.4 is 20.1 Å². The lowest BCUT2D eigenvalue weighted by atomic mass is 9.96. The van der Waals surface area contributed by atoms with Crippen LogP contribution in [0.25, 0.3) is 0 Å². The molecule has 0 radical (unpaired) electrons. The van der Waals surface area contributed by atoms with Crippen LogP contribution >= 0.6 is 0 Å². The molecule has 2 aliphatic heterocycles. The van der Waals surface area contributed by atoms with E-state index >= 15 is 0 Å². The molecule has 1 amide bonds. The van der Waals surface area contributed by atoms with Gasteiger partial charge in [0.15, 0.2) is 23.2 Å². The average Bonchev–Trinajstić information content (AvgIpc) is 3.39. The Hall–Kier alpha value is -3.69. The number of fused-ring (bicyclic) bond motifs is 2. The Balaban J connectivity index is 1.45. The van der Waals surface area contributed by atoms with Gasteiger partial charge in [-0.25, -0.2) is 4.68 Å². The predicted molar refractivity (Wildman–Crippen MR) is 105 cm³/mol. The normalized spacial score (nSPS) is 19.5. The molecule has 3 heterocycles. The van der Waals surface area contributed by atoms with Crippen LogP contribution in [0.1, 0.15) is 34.6 Å². The second kappa shape index (κ2) is 7.22. The summed E-state index contributed by atoms with van der Waals surface area (Å²) in [5.41, 5.74) is 1.05. The van der Waals surface area contributed by atoms with E-state index in [1.54, 1.807) is 48.5 Å². The molecule has 31 heavy (non-hydrogen) atoms. The van der Waals surface area contributed by atoms with Gasteiger partial charge in [0, 0.05) is 18.2 Å². The molecule has 0 fully saturated rings. The summed E-state index contributed by atoms with van der Waals surface area (Å²) < 4.78 is 53.0. The topological polar surface area (TPSA) is 77.4 Å². The maximum Gasteiger partial charge on any atom is 0.410 e. The molecular formula is C21H17F3N4O3. The molecule has 2 N–H and O–H groups in total. The molecule has 2 aliphatic rings. The lowest BCUT2D eigenvalue weighted by molar-refractivity contribution is -0.173. The molecule has 2 unspecified atom stereocenters. The van der Waals surface area contributed by atoms with Crippen LogP contribution in [0.2, 0.25) is 0 Å². The molecule has 5 rings (SSSR count). The third-order valence-corrected chi connectivity index (χ3v) is 5.25. The first-order valence-electron chi connectivity index (χ1n) is 9.57. The minimum absolute atomic E-state index is 0.0781. The monoisotopic (exact) mass is 430 g/mol. The predicted octanol–water partition coefficient (Wildman–Crippen LogP) is 4.52. The third kappa shape index (κ3) is 3.65. The van der Waals surface area contributed by atoms with E-state index in [2.05, 4.69) is 15.7 Å². The summed E-state index contributed by atoms with van der Waals surface area (Å²) in [6.07, 6.45) is -4.82. The van der Waals surface area contributed by atoms with Gasteiger partial charge in [0.1, 0.15) is 5.82 Å². The number of hydrogen-bond acceptors (Lipinski definition) is 5. The molecule has 7 nitrogen and oxygen atoms in total. The Bertz CT molecular complexity index is 1130. The number of carbonyl (C=O) groups is 1. The van der Waals surface area contributed by atoms with Crippen LogP contribution in [0.5, 0.6) is 11.5 Å². The highest BCUT2D eigenvalue weighted by molar-refractivity contribution is 6.03. The minimum Gasteiger partial charge on any atom is -0.454 e. The fourth-order valence-electron chi connectivity index (χ4n) is 3.75. The summed E-state index contributed by atoms with van der Waals surface area (Å²) in [6.45, 7) is 0.0781. The largest absolute Gasteiger partial charge is 0.454 e. The molecule has 2 atom stereocenters. The van der Waals surface area contributed by atoms with Crippen molar-refractivity contribution >= 4 is 17.4 Å². The molecule has 0 spiro atoms. The number of nitrogens with one attached hydrogen (secondary N) is 2. The minimum atomic E-state index is -4.54. The Morgan fingerprint density at radius 3 is 2.65 bits per heavy atom. The third-order valence-electron chi connectivity index (χ3n) is 5.25. The fraction of sp³-hybridized carbons (Fsp3) is 0.238. The first-order chi connectivity index (χ1) is 14.9. The molecule has 1 aromatic heterocycles. The fourth-order valence-corrected chi connectivity index (χ4v) is 3.75. The van der Waals surface area contributed by atoms with E-state index in [0.29, 0.717) is 22.7 Å². The van der Waals surface area contributed by atoms with Crippen molar-refractivity contribution in [2.45, 2.75) is 24.7 Å². The summed E-state index contributed by atoms with van der Waals surface area (Å²) in [5.74, 6) is 0.576. The summed E-state index contributed by atoms with van der Waals surface area (Å²) in [6, 6.07) is 12.5. The standard InChI is InChI=1S/C21H17F3N4O3/c22-21(23,24)18-9-14(12-6-7-16-17(8-12)31-11-30-16)26-19-10-15(27-28(18)19)20(29)25-13-4-2-1-3-5-13/h1-8,10,14,18,26H,9,11H2,(H,25,29). The van der Waals surface area contributed by atoms with Crippen LogP contribution in [0, 0.1) is 0 Å². The van der Waals surface area contributed by atoms with Gasteiger partial charge in [-0.3, -0.25) is 4.79 Å². The smallest absolute Gasteiger partial charge is 0.410 e. The van der Waals surface area contributed by atoms with Crippen LogP contribution in [-0.2, 0) is 0 Å². The number of anilines is 2. The van der Waals surface area contributed by atoms with E-state index in [9.17, 15) is 18.0 Å². The van der Waals surface area contributed by atoms with E-state index < -0.39 is 24.2 Å². The molecule has 0 saturated heterocycles. The van der Waals surface area contributed by atoms with E-state index in [1.165, 1.54) is 6.07 Å². The van der Waals surface area contributed by atoms with Gasteiger partial charge in [-0.2, -0.15) is 18.3 Å². The van der Waals surface area contributed by atoms with E-state index in [1.807, 2.05) is 0 Å². The number of alkyl halides is 3. The number of benzene rings is 2. The zero-order valence-corrected chi connectivity index (χ0v) is 16.0. The van der Waals surface area contributed by atoms with E-state index in [-0.39, 0.29) is 24.7 Å². The Morgan fingerprint density at radius 1 is 1.10 bits per heavy atom. The van der Waals surface area contributed by atoms with Gasteiger partial charge in [-0.1, -0.05) is 24.3 Å². The van der Waals surface area contributed by atoms with Crippen molar-refractivity contribution < 1.29 is 27.4 Å². The molecule has 3 aromatic rings. The summed E-state index contributed by atoms with van der Waals surface area (Å²) in [7, 11) is 0. The Kier molecular flexibility index (Phi) is 4.49. The van der Waals surface area contributed by atoms with Gasteiger partial charge in [-0.15, -0.1) is 0 Å². The second-order valence-corrected chi connectivity index (χ2v) is 7.28. The van der Waals surface area contributed by atoms with Crippen LogP contribution in [0.15, 0.2) is 54.6 Å². The van der Waals surface area contributed by atoms with Crippen molar-refractivity contribution in [1.82, 2.24) is 9.78 Å². The van der Waals surface area contributed by atoms with Crippen molar-refractivity contribution in [1.29, 1.82) is 0 Å². The molecular weight excluding hydrogens is 413 g/mol. The van der Waals surface area contributed by atoms with Crippen LogP contribution in [-0.4, -0.2) is 28.7 Å². The molecule has 160 valence electrons. The average molecular weight is 430 g/mol. The summed E-state index contributed by atoms with van der Waals surface area (Å²) in [5, 5.41) is 9.67.